The van der Waals surface area contributed by atoms with Crippen molar-refractivity contribution >= 4 is 11.0 Å². The summed E-state index contributed by atoms with van der Waals surface area (Å²) in [5, 5.41) is 0.745. The number of benzene rings is 2. The van der Waals surface area contributed by atoms with Crippen molar-refractivity contribution in [3.63, 3.8) is 0 Å². The smallest absolute Gasteiger partial charge is 0.379 e. The molecular formula is C16H12O4. The van der Waals surface area contributed by atoms with Gasteiger partial charge in [-0.1, -0.05) is 18.2 Å². The van der Waals surface area contributed by atoms with Crippen LogP contribution in [0.1, 0.15) is 0 Å². The molecule has 2 aromatic carbocycles. The Kier molecular flexibility index (Phi) is 3.13. The Bertz CT molecular complexity index is 790. The molecule has 4 nitrogen and oxygen atoms in total. The highest BCUT2D eigenvalue weighted by Crippen LogP contribution is 2.24. The zero-order valence-corrected chi connectivity index (χ0v) is 10.8. The summed E-state index contributed by atoms with van der Waals surface area (Å²) in [6.07, 6.45) is 0. The molecule has 100 valence electrons. The first-order chi connectivity index (χ1) is 9.76. The van der Waals surface area contributed by atoms with E-state index in [4.69, 9.17) is 13.9 Å². The van der Waals surface area contributed by atoms with Crippen LogP contribution >= 0.6 is 0 Å². The summed E-state index contributed by atoms with van der Waals surface area (Å²) in [5.41, 5.74) is -0.0114. The quantitative estimate of drug-likeness (QED) is 0.681. The van der Waals surface area contributed by atoms with Crippen LogP contribution in [0.5, 0.6) is 17.2 Å². The minimum Gasteiger partial charge on any atom is -0.497 e. The SMILES string of the molecule is COc1ccc2oc(=O)c(Oc3ccccc3)cc2c1. The second-order valence-corrected chi connectivity index (χ2v) is 4.22. The summed E-state index contributed by atoms with van der Waals surface area (Å²) in [7, 11) is 1.58. The largest absolute Gasteiger partial charge is 0.497 e. The third kappa shape index (κ3) is 2.36. The van der Waals surface area contributed by atoms with Gasteiger partial charge in [-0.25, -0.2) is 4.79 Å². The maximum atomic E-state index is 11.9. The molecule has 3 rings (SSSR count). The highest BCUT2D eigenvalue weighted by Gasteiger charge is 2.08. The first-order valence-corrected chi connectivity index (χ1v) is 6.11. The Balaban J connectivity index is 2.06. The van der Waals surface area contributed by atoms with E-state index >= 15 is 0 Å². The zero-order chi connectivity index (χ0) is 13.9. The number of methoxy groups -OCH3 is 1. The van der Waals surface area contributed by atoms with Gasteiger partial charge in [0.05, 0.1) is 7.11 Å². The Morgan fingerprint density at radius 3 is 2.50 bits per heavy atom. The van der Waals surface area contributed by atoms with Crippen molar-refractivity contribution in [3.8, 4) is 17.2 Å². The van der Waals surface area contributed by atoms with Gasteiger partial charge in [0.15, 0.2) is 0 Å². The minimum atomic E-state index is -0.508. The fourth-order valence-electron chi connectivity index (χ4n) is 1.90. The molecule has 20 heavy (non-hydrogen) atoms. The van der Waals surface area contributed by atoms with E-state index in [0.717, 1.165) is 5.39 Å². The van der Waals surface area contributed by atoms with Crippen LogP contribution in [-0.4, -0.2) is 7.11 Å². The number of hydrogen-bond acceptors (Lipinski definition) is 4. The van der Waals surface area contributed by atoms with Crippen molar-refractivity contribution in [1.82, 2.24) is 0 Å². The van der Waals surface area contributed by atoms with Gasteiger partial charge in [0.2, 0.25) is 5.75 Å². The molecule has 4 heteroatoms. The lowest BCUT2D eigenvalue weighted by Gasteiger charge is -2.06. The number of ether oxygens (including phenoxy) is 2. The number of rotatable bonds is 3. The average Bonchev–Trinajstić information content (AvgIpc) is 2.48. The number of para-hydroxylation sites is 1. The van der Waals surface area contributed by atoms with Crippen LogP contribution in [0.2, 0.25) is 0 Å². The summed E-state index contributed by atoms with van der Waals surface area (Å²) in [6, 6.07) is 16.0. The monoisotopic (exact) mass is 268 g/mol. The fraction of sp³-hybridized carbons (Fsp3) is 0.0625. The van der Waals surface area contributed by atoms with Gasteiger partial charge in [0.25, 0.3) is 0 Å². The summed E-state index contributed by atoms with van der Waals surface area (Å²) in [4.78, 5) is 11.9. The maximum Gasteiger partial charge on any atom is 0.379 e. The molecular weight excluding hydrogens is 256 g/mol. The molecule has 3 aromatic rings. The first-order valence-electron chi connectivity index (χ1n) is 6.11. The summed E-state index contributed by atoms with van der Waals surface area (Å²) in [6.45, 7) is 0. The van der Waals surface area contributed by atoms with Crippen LogP contribution in [-0.2, 0) is 0 Å². The second-order valence-electron chi connectivity index (χ2n) is 4.22. The molecule has 0 saturated carbocycles. The molecule has 0 spiro atoms. The van der Waals surface area contributed by atoms with E-state index in [1.165, 1.54) is 0 Å². The lowest BCUT2D eigenvalue weighted by Crippen LogP contribution is -2.02. The van der Waals surface area contributed by atoms with Gasteiger partial charge in [0, 0.05) is 5.39 Å². The highest BCUT2D eigenvalue weighted by atomic mass is 16.5. The normalized spacial score (nSPS) is 10.4. The Labute approximate surface area is 115 Å². The van der Waals surface area contributed by atoms with Crippen LogP contribution in [0.25, 0.3) is 11.0 Å². The van der Waals surface area contributed by atoms with Crippen molar-refractivity contribution in [1.29, 1.82) is 0 Å². The molecule has 0 fully saturated rings. The average molecular weight is 268 g/mol. The van der Waals surface area contributed by atoms with Gasteiger partial charge >= 0.3 is 5.63 Å². The van der Waals surface area contributed by atoms with E-state index in [9.17, 15) is 4.79 Å². The molecule has 0 radical (unpaired) electrons. The van der Waals surface area contributed by atoms with Gasteiger partial charge in [-0.15, -0.1) is 0 Å². The molecule has 0 atom stereocenters. The topological polar surface area (TPSA) is 48.7 Å². The van der Waals surface area contributed by atoms with Crippen molar-refractivity contribution in [2.24, 2.45) is 0 Å². The predicted octanol–water partition coefficient (Wildman–Crippen LogP) is 3.59. The fourth-order valence-corrected chi connectivity index (χ4v) is 1.90. The van der Waals surface area contributed by atoms with E-state index < -0.39 is 5.63 Å². The van der Waals surface area contributed by atoms with Crippen molar-refractivity contribution in [2.75, 3.05) is 7.11 Å². The molecule has 0 aliphatic carbocycles. The van der Waals surface area contributed by atoms with Gasteiger partial charge in [-0.05, 0) is 36.4 Å². The molecule has 0 unspecified atom stereocenters. The molecule has 0 bridgehead atoms. The Hall–Kier alpha value is -2.75. The van der Waals surface area contributed by atoms with E-state index in [1.54, 1.807) is 43.5 Å². The van der Waals surface area contributed by atoms with E-state index in [0.29, 0.717) is 17.1 Å². The lowest BCUT2D eigenvalue weighted by molar-refractivity contribution is 0.414. The number of hydrogen-bond donors (Lipinski definition) is 0. The minimum absolute atomic E-state index is 0.150. The molecule has 1 heterocycles. The summed E-state index contributed by atoms with van der Waals surface area (Å²) < 4.78 is 15.9. The van der Waals surface area contributed by atoms with Gasteiger partial charge in [0.1, 0.15) is 17.1 Å². The number of fused-ring (bicyclic) bond motifs is 1. The van der Waals surface area contributed by atoms with Gasteiger partial charge < -0.3 is 13.9 Å². The molecule has 0 aliphatic heterocycles. The van der Waals surface area contributed by atoms with Crippen LogP contribution in [0, 0.1) is 0 Å². The van der Waals surface area contributed by atoms with Crippen LogP contribution in [0.15, 0.2) is 63.8 Å². The van der Waals surface area contributed by atoms with E-state index in [2.05, 4.69) is 0 Å². The molecule has 0 amide bonds. The molecule has 0 aliphatic rings. The second kappa shape index (κ2) is 5.09. The zero-order valence-electron chi connectivity index (χ0n) is 10.8. The van der Waals surface area contributed by atoms with Crippen molar-refractivity contribution in [2.45, 2.75) is 0 Å². The summed E-state index contributed by atoms with van der Waals surface area (Å²) in [5.74, 6) is 1.43. The molecule has 0 N–H and O–H groups in total. The van der Waals surface area contributed by atoms with Crippen LogP contribution in [0.4, 0.5) is 0 Å². The Morgan fingerprint density at radius 1 is 0.950 bits per heavy atom. The molecule has 0 saturated heterocycles. The van der Waals surface area contributed by atoms with Crippen molar-refractivity contribution in [3.05, 3.63) is 65.0 Å². The van der Waals surface area contributed by atoms with Crippen LogP contribution < -0.4 is 15.1 Å². The maximum absolute atomic E-state index is 11.9. The molecule has 1 aromatic heterocycles. The third-order valence-corrected chi connectivity index (χ3v) is 2.88. The first kappa shape index (κ1) is 12.3. The lowest BCUT2D eigenvalue weighted by atomic mass is 10.2. The standard InChI is InChI=1S/C16H12O4/c1-18-13-7-8-14-11(9-13)10-15(16(17)20-14)19-12-5-3-2-4-6-12/h2-10H,1H3. The van der Waals surface area contributed by atoms with E-state index in [1.807, 2.05) is 18.2 Å². The summed E-state index contributed by atoms with van der Waals surface area (Å²) >= 11 is 0. The third-order valence-electron chi connectivity index (χ3n) is 2.88. The Morgan fingerprint density at radius 2 is 1.75 bits per heavy atom. The van der Waals surface area contributed by atoms with Crippen LogP contribution in [0.3, 0.4) is 0 Å². The van der Waals surface area contributed by atoms with E-state index in [-0.39, 0.29) is 5.75 Å². The van der Waals surface area contributed by atoms with Gasteiger partial charge in [-0.2, -0.15) is 0 Å². The predicted molar refractivity (Wildman–Crippen MR) is 75.6 cm³/mol. The van der Waals surface area contributed by atoms with Crippen molar-refractivity contribution < 1.29 is 13.9 Å². The van der Waals surface area contributed by atoms with Gasteiger partial charge in [-0.3, -0.25) is 0 Å². The highest BCUT2D eigenvalue weighted by molar-refractivity contribution is 5.79.